The van der Waals surface area contributed by atoms with Gasteiger partial charge in [0, 0.05) is 17.2 Å². The van der Waals surface area contributed by atoms with Crippen LogP contribution < -0.4 is 10.5 Å². The zero-order chi connectivity index (χ0) is 14.5. The molecule has 0 saturated carbocycles. The average molecular weight is 287 g/mol. The van der Waals surface area contributed by atoms with Crippen LogP contribution in [0.2, 0.25) is 0 Å². The van der Waals surface area contributed by atoms with Crippen LogP contribution in [-0.2, 0) is 12.3 Å². The molecule has 2 N–H and O–H groups in total. The number of methoxy groups -OCH3 is 1. The van der Waals surface area contributed by atoms with Crippen molar-refractivity contribution >= 4 is 11.8 Å². The van der Waals surface area contributed by atoms with Crippen LogP contribution >= 0.6 is 11.8 Å². The van der Waals surface area contributed by atoms with Crippen molar-refractivity contribution in [2.75, 3.05) is 7.11 Å². The highest BCUT2D eigenvalue weighted by Crippen LogP contribution is 2.30. The monoisotopic (exact) mass is 287 g/mol. The van der Waals surface area contributed by atoms with Crippen LogP contribution in [0.3, 0.4) is 0 Å². The molecular weight excluding hydrogens is 266 g/mol. The van der Waals surface area contributed by atoms with Crippen molar-refractivity contribution in [2.24, 2.45) is 5.73 Å². The van der Waals surface area contributed by atoms with E-state index in [-0.39, 0.29) is 0 Å². The second-order valence-electron chi connectivity index (χ2n) is 4.96. The molecule has 0 saturated heterocycles. The van der Waals surface area contributed by atoms with Crippen molar-refractivity contribution in [1.82, 2.24) is 0 Å². The zero-order valence-corrected chi connectivity index (χ0v) is 13.1. The number of thioether (sulfide) groups is 1. The lowest BCUT2D eigenvalue weighted by Crippen LogP contribution is -1.99. The van der Waals surface area contributed by atoms with E-state index in [2.05, 4.69) is 38.1 Å². The smallest absolute Gasteiger partial charge is 0.119 e. The van der Waals surface area contributed by atoms with E-state index < -0.39 is 0 Å². The molecule has 2 rings (SSSR count). The molecule has 0 aliphatic heterocycles. The fraction of sp³-hybridized carbons (Fsp3) is 0.294. The van der Waals surface area contributed by atoms with Gasteiger partial charge in [0.15, 0.2) is 0 Å². The topological polar surface area (TPSA) is 35.2 Å². The summed E-state index contributed by atoms with van der Waals surface area (Å²) in [6, 6.07) is 12.7. The summed E-state index contributed by atoms with van der Waals surface area (Å²) in [6.45, 7) is 4.83. The maximum Gasteiger partial charge on any atom is 0.119 e. The van der Waals surface area contributed by atoms with Gasteiger partial charge < -0.3 is 10.5 Å². The van der Waals surface area contributed by atoms with Crippen molar-refractivity contribution < 1.29 is 4.74 Å². The Morgan fingerprint density at radius 1 is 1.05 bits per heavy atom. The van der Waals surface area contributed by atoms with E-state index in [1.807, 2.05) is 23.9 Å². The van der Waals surface area contributed by atoms with Gasteiger partial charge in [-0.05, 0) is 37.1 Å². The minimum Gasteiger partial charge on any atom is -0.497 e. The highest BCUT2D eigenvalue weighted by atomic mass is 32.2. The SMILES string of the molecule is COc1ccc(CN)c(SCc2cc(C)cc(C)c2)c1. The van der Waals surface area contributed by atoms with Gasteiger partial charge in [0.05, 0.1) is 7.11 Å². The minimum atomic E-state index is 0.555. The minimum absolute atomic E-state index is 0.555. The van der Waals surface area contributed by atoms with E-state index in [0.29, 0.717) is 6.54 Å². The summed E-state index contributed by atoms with van der Waals surface area (Å²) in [6.07, 6.45) is 0. The predicted molar refractivity (Wildman–Crippen MR) is 86.4 cm³/mol. The first-order valence-corrected chi connectivity index (χ1v) is 7.68. The molecule has 0 spiro atoms. The van der Waals surface area contributed by atoms with Gasteiger partial charge in [-0.2, -0.15) is 0 Å². The molecule has 0 heterocycles. The average Bonchev–Trinajstić information content (AvgIpc) is 2.43. The molecule has 0 aliphatic carbocycles. The van der Waals surface area contributed by atoms with Gasteiger partial charge >= 0.3 is 0 Å². The summed E-state index contributed by atoms with van der Waals surface area (Å²) < 4.78 is 5.29. The van der Waals surface area contributed by atoms with Crippen LogP contribution in [-0.4, -0.2) is 7.11 Å². The van der Waals surface area contributed by atoms with E-state index in [4.69, 9.17) is 10.5 Å². The Bertz CT molecular complexity index is 575. The van der Waals surface area contributed by atoms with Crippen LogP contribution in [0.15, 0.2) is 41.3 Å². The molecule has 0 unspecified atom stereocenters. The number of hydrogen-bond acceptors (Lipinski definition) is 3. The van der Waals surface area contributed by atoms with Crippen LogP contribution in [0.25, 0.3) is 0 Å². The summed E-state index contributed by atoms with van der Waals surface area (Å²) in [4.78, 5) is 1.20. The molecule has 0 amide bonds. The summed E-state index contributed by atoms with van der Waals surface area (Å²) in [5.74, 6) is 1.83. The lowest BCUT2D eigenvalue weighted by molar-refractivity contribution is 0.413. The van der Waals surface area contributed by atoms with Crippen molar-refractivity contribution in [3.8, 4) is 5.75 Å². The number of nitrogens with two attached hydrogens (primary N) is 1. The van der Waals surface area contributed by atoms with Gasteiger partial charge in [-0.1, -0.05) is 35.4 Å². The number of hydrogen-bond donors (Lipinski definition) is 1. The fourth-order valence-corrected chi connectivity index (χ4v) is 3.30. The molecule has 0 radical (unpaired) electrons. The normalized spacial score (nSPS) is 10.6. The van der Waals surface area contributed by atoms with Gasteiger partial charge in [-0.25, -0.2) is 0 Å². The van der Waals surface area contributed by atoms with Crippen molar-refractivity contribution in [2.45, 2.75) is 31.0 Å². The van der Waals surface area contributed by atoms with E-state index in [1.165, 1.54) is 27.1 Å². The van der Waals surface area contributed by atoms with Crippen molar-refractivity contribution in [1.29, 1.82) is 0 Å². The van der Waals surface area contributed by atoms with Crippen LogP contribution in [0.5, 0.6) is 5.75 Å². The molecule has 2 nitrogen and oxygen atoms in total. The maximum atomic E-state index is 5.81. The number of benzene rings is 2. The molecule has 3 heteroatoms. The number of ether oxygens (including phenoxy) is 1. The third-order valence-corrected chi connectivity index (χ3v) is 4.34. The quantitative estimate of drug-likeness (QED) is 0.842. The Hall–Kier alpha value is -1.45. The van der Waals surface area contributed by atoms with Gasteiger partial charge in [0.25, 0.3) is 0 Å². The zero-order valence-electron chi connectivity index (χ0n) is 12.3. The first kappa shape index (κ1) is 14.9. The molecule has 0 fully saturated rings. The van der Waals surface area contributed by atoms with E-state index in [1.54, 1.807) is 7.11 Å². The van der Waals surface area contributed by atoms with E-state index >= 15 is 0 Å². The third kappa shape index (κ3) is 3.78. The molecule has 20 heavy (non-hydrogen) atoms. The largest absolute Gasteiger partial charge is 0.497 e. The van der Waals surface area contributed by atoms with Crippen LogP contribution in [0.1, 0.15) is 22.3 Å². The van der Waals surface area contributed by atoms with Crippen molar-refractivity contribution in [3.05, 3.63) is 58.7 Å². The standard InChI is InChI=1S/C17H21NOS/c1-12-6-13(2)8-14(7-12)11-20-17-9-16(19-3)5-4-15(17)10-18/h4-9H,10-11,18H2,1-3H3. The van der Waals surface area contributed by atoms with Gasteiger partial charge in [0.2, 0.25) is 0 Å². The highest BCUT2D eigenvalue weighted by Gasteiger charge is 2.05. The maximum absolute atomic E-state index is 5.81. The first-order chi connectivity index (χ1) is 9.62. The Labute approximate surface area is 125 Å². The molecule has 2 aromatic rings. The van der Waals surface area contributed by atoms with Gasteiger partial charge in [-0.15, -0.1) is 11.8 Å². The Morgan fingerprint density at radius 2 is 1.75 bits per heavy atom. The number of rotatable bonds is 5. The Balaban J connectivity index is 2.17. The molecule has 106 valence electrons. The lowest BCUT2D eigenvalue weighted by Gasteiger charge is -2.10. The van der Waals surface area contributed by atoms with Gasteiger partial charge in [-0.3, -0.25) is 0 Å². The molecule has 0 atom stereocenters. The summed E-state index contributed by atoms with van der Waals surface area (Å²) >= 11 is 1.81. The Morgan fingerprint density at radius 3 is 2.35 bits per heavy atom. The van der Waals surface area contributed by atoms with Crippen LogP contribution in [0, 0.1) is 13.8 Å². The second kappa shape index (κ2) is 6.82. The van der Waals surface area contributed by atoms with E-state index in [9.17, 15) is 0 Å². The summed E-state index contributed by atoms with van der Waals surface area (Å²) in [7, 11) is 1.69. The second-order valence-corrected chi connectivity index (χ2v) is 5.98. The first-order valence-electron chi connectivity index (χ1n) is 6.69. The summed E-state index contributed by atoms with van der Waals surface area (Å²) in [5, 5.41) is 0. The van der Waals surface area contributed by atoms with E-state index in [0.717, 1.165) is 11.5 Å². The predicted octanol–water partition coefficient (Wildman–Crippen LogP) is 4.06. The third-order valence-electron chi connectivity index (χ3n) is 3.17. The molecular formula is C17H21NOS. The summed E-state index contributed by atoms with van der Waals surface area (Å²) in [5.41, 5.74) is 10.9. The Kier molecular flexibility index (Phi) is 5.10. The van der Waals surface area contributed by atoms with Crippen molar-refractivity contribution in [3.63, 3.8) is 0 Å². The van der Waals surface area contributed by atoms with Crippen LogP contribution in [0.4, 0.5) is 0 Å². The lowest BCUT2D eigenvalue weighted by atomic mass is 10.1. The fourth-order valence-electron chi connectivity index (χ4n) is 2.28. The molecule has 2 aromatic carbocycles. The molecule has 0 bridgehead atoms. The highest BCUT2D eigenvalue weighted by molar-refractivity contribution is 7.98. The molecule has 0 aromatic heterocycles. The number of aryl methyl sites for hydroxylation is 2. The molecule has 0 aliphatic rings. The van der Waals surface area contributed by atoms with Gasteiger partial charge in [0.1, 0.15) is 5.75 Å².